The molecular formula is C15H25N3O4S. The maximum Gasteiger partial charge on any atom is 0.251 e. The molecule has 0 spiro atoms. The van der Waals surface area contributed by atoms with E-state index >= 15 is 0 Å². The molecule has 0 bridgehead atoms. The van der Waals surface area contributed by atoms with Crippen LogP contribution in [-0.2, 0) is 14.8 Å². The molecule has 1 rings (SSSR count). The van der Waals surface area contributed by atoms with Crippen LogP contribution in [0.1, 0.15) is 23.7 Å². The summed E-state index contributed by atoms with van der Waals surface area (Å²) < 4.78 is 30.9. The summed E-state index contributed by atoms with van der Waals surface area (Å²) in [6.07, 6.45) is 0.533. The lowest BCUT2D eigenvalue weighted by atomic mass is 10.2. The van der Waals surface area contributed by atoms with Gasteiger partial charge in [-0.05, 0) is 24.6 Å². The van der Waals surface area contributed by atoms with Crippen LogP contribution in [0.4, 0.5) is 5.69 Å². The Bertz CT molecular complexity index is 590. The molecule has 8 heteroatoms. The van der Waals surface area contributed by atoms with E-state index in [1.165, 1.54) is 6.07 Å². The van der Waals surface area contributed by atoms with Crippen LogP contribution >= 0.6 is 0 Å². The third-order valence-corrected chi connectivity index (χ3v) is 4.43. The van der Waals surface area contributed by atoms with Gasteiger partial charge in [0.05, 0.1) is 12.4 Å². The van der Waals surface area contributed by atoms with Crippen LogP contribution in [0.3, 0.4) is 0 Å². The second-order valence-corrected chi connectivity index (χ2v) is 6.84. The van der Waals surface area contributed by atoms with E-state index in [0.717, 1.165) is 6.54 Å². The Balaban J connectivity index is 2.50. The van der Waals surface area contributed by atoms with Gasteiger partial charge < -0.3 is 15.4 Å². The minimum Gasteiger partial charge on any atom is -0.383 e. The zero-order valence-electron chi connectivity index (χ0n) is 13.6. The Labute approximate surface area is 137 Å². The molecule has 1 amide bonds. The minimum absolute atomic E-state index is 0.0522. The van der Waals surface area contributed by atoms with Crippen LogP contribution in [0.5, 0.6) is 0 Å². The molecule has 1 aromatic rings. The number of methoxy groups -OCH3 is 1. The van der Waals surface area contributed by atoms with Gasteiger partial charge in [0.25, 0.3) is 5.91 Å². The molecule has 0 saturated heterocycles. The van der Waals surface area contributed by atoms with Crippen molar-refractivity contribution < 1.29 is 17.9 Å². The van der Waals surface area contributed by atoms with Crippen molar-refractivity contribution in [2.24, 2.45) is 0 Å². The molecule has 23 heavy (non-hydrogen) atoms. The Morgan fingerprint density at radius 2 is 2.00 bits per heavy atom. The summed E-state index contributed by atoms with van der Waals surface area (Å²) >= 11 is 0. The number of hydrogen-bond donors (Lipinski definition) is 3. The highest BCUT2D eigenvalue weighted by molar-refractivity contribution is 7.92. The highest BCUT2D eigenvalue weighted by Gasteiger charge is 2.11. The first kappa shape index (κ1) is 19.4. The fraction of sp³-hybridized carbons (Fsp3) is 0.533. The molecule has 3 N–H and O–H groups in total. The first-order chi connectivity index (χ1) is 11.0. The van der Waals surface area contributed by atoms with Crippen LogP contribution in [0, 0.1) is 0 Å². The molecule has 0 radical (unpaired) electrons. The molecule has 130 valence electrons. The van der Waals surface area contributed by atoms with Crippen LogP contribution in [-0.4, -0.2) is 53.4 Å². The summed E-state index contributed by atoms with van der Waals surface area (Å²) in [5.41, 5.74) is 0.808. The summed E-state index contributed by atoms with van der Waals surface area (Å²) in [4.78, 5) is 12.0. The predicted octanol–water partition coefficient (Wildman–Crippen LogP) is 0.804. The fourth-order valence-corrected chi connectivity index (χ4v) is 3.01. The Kier molecular flexibility index (Phi) is 8.60. The highest BCUT2D eigenvalue weighted by Crippen LogP contribution is 2.12. The molecule has 0 saturated carbocycles. The monoisotopic (exact) mass is 343 g/mol. The average molecular weight is 343 g/mol. The second kappa shape index (κ2) is 10.2. The Hall–Kier alpha value is -1.64. The largest absolute Gasteiger partial charge is 0.383 e. The summed E-state index contributed by atoms with van der Waals surface area (Å²) in [5, 5.41) is 5.89. The van der Waals surface area contributed by atoms with E-state index in [4.69, 9.17) is 4.74 Å². The normalized spacial score (nSPS) is 11.2. The molecule has 0 aliphatic carbocycles. The number of nitrogens with one attached hydrogen (secondary N) is 3. The van der Waals surface area contributed by atoms with Crippen molar-refractivity contribution in [2.75, 3.05) is 43.8 Å². The van der Waals surface area contributed by atoms with Gasteiger partial charge in [-0.15, -0.1) is 0 Å². The number of carbonyl (C=O) groups is 1. The van der Waals surface area contributed by atoms with Gasteiger partial charge in [0, 0.05) is 38.0 Å². The predicted molar refractivity (Wildman–Crippen MR) is 91.2 cm³/mol. The number of anilines is 1. The van der Waals surface area contributed by atoms with Gasteiger partial charge in [0.1, 0.15) is 0 Å². The standard InChI is InChI=1S/C15H25N3O4S/c1-3-11-23(20,21)18-14-6-4-5-13(12-14)15(19)17-8-7-16-9-10-22-2/h4-6,12,16,18H,3,7-11H2,1-2H3,(H,17,19). The summed E-state index contributed by atoms with van der Waals surface area (Å²) in [5.74, 6) is -0.189. The highest BCUT2D eigenvalue weighted by atomic mass is 32.2. The maximum atomic E-state index is 12.0. The van der Waals surface area contributed by atoms with Gasteiger partial charge in [0.15, 0.2) is 0 Å². The molecule has 0 atom stereocenters. The van der Waals surface area contributed by atoms with Gasteiger partial charge in [-0.3, -0.25) is 9.52 Å². The van der Waals surface area contributed by atoms with E-state index in [1.54, 1.807) is 32.2 Å². The quantitative estimate of drug-likeness (QED) is 0.517. The lowest BCUT2D eigenvalue weighted by molar-refractivity contribution is 0.0953. The van der Waals surface area contributed by atoms with E-state index in [0.29, 0.717) is 37.4 Å². The Morgan fingerprint density at radius 3 is 2.70 bits per heavy atom. The first-order valence-corrected chi connectivity index (χ1v) is 9.22. The molecule has 0 unspecified atom stereocenters. The molecule has 0 aliphatic heterocycles. The number of ether oxygens (including phenoxy) is 1. The van der Waals surface area contributed by atoms with Gasteiger partial charge >= 0.3 is 0 Å². The third kappa shape index (κ3) is 7.96. The first-order valence-electron chi connectivity index (χ1n) is 7.57. The van der Waals surface area contributed by atoms with E-state index in [9.17, 15) is 13.2 Å². The van der Waals surface area contributed by atoms with Crippen molar-refractivity contribution in [3.8, 4) is 0 Å². The number of amides is 1. The van der Waals surface area contributed by atoms with Crippen LogP contribution < -0.4 is 15.4 Å². The van der Waals surface area contributed by atoms with Crippen LogP contribution in [0.2, 0.25) is 0 Å². The number of hydrogen-bond acceptors (Lipinski definition) is 5. The average Bonchev–Trinajstić information content (AvgIpc) is 2.50. The van der Waals surface area contributed by atoms with Gasteiger partial charge in [-0.2, -0.15) is 0 Å². The zero-order valence-corrected chi connectivity index (χ0v) is 14.4. The molecule has 1 aromatic carbocycles. The lowest BCUT2D eigenvalue weighted by Crippen LogP contribution is -2.33. The minimum atomic E-state index is -3.36. The Morgan fingerprint density at radius 1 is 1.22 bits per heavy atom. The molecule has 7 nitrogen and oxygen atoms in total. The van der Waals surface area contributed by atoms with Gasteiger partial charge in [-0.25, -0.2) is 8.42 Å². The van der Waals surface area contributed by atoms with E-state index < -0.39 is 10.0 Å². The van der Waals surface area contributed by atoms with Crippen LogP contribution in [0.25, 0.3) is 0 Å². The maximum absolute atomic E-state index is 12.0. The summed E-state index contributed by atoms with van der Waals surface area (Å²) in [6, 6.07) is 6.44. The number of sulfonamides is 1. The lowest BCUT2D eigenvalue weighted by Gasteiger charge is -2.10. The molecule has 0 heterocycles. The third-order valence-electron chi connectivity index (χ3n) is 2.94. The van der Waals surface area contributed by atoms with Gasteiger partial charge in [-0.1, -0.05) is 13.0 Å². The smallest absolute Gasteiger partial charge is 0.251 e. The number of carbonyl (C=O) groups excluding carboxylic acids is 1. The number of rotatable bonds is 11. The van der Waals surface area contributed by atoms with Crippen molar-refractivity contribution in [1.29, 1.82) is 0 Å². The van der Waals surface area contributed by atoms with Crippen molar-refractivity contribution in [3.05, 3.63) is 29.8 Å². The van der Waals surface area contributed by atoms with E-state index in [1.807, 2.05) is 0 Å². The second-order valence-electron chi connectivity index (χ2n) is 5.00. The molecule has 0 aliphatic rings. The number of benzene rings is 1. The fourth-order valence-electron chi connectivity index (χ4n) is 1.89. The molecular weight excluding hydrogens is 318 g/mol. The topological polar surface area (TPSA) is 96.5 Å². The zero-order chi connectivity index (χ0) is 17.1. The van der Waals surface area contributed by atoms with E-state index in [-0.39, 0.29) is 11.7 Å². The van der Waals surface area contributed by atoms with E-state index in [2.05, 4.69) is 15.4 Å². The molecule has 0 fully saturated rings. The molecule has 0 aromatic heterocycles. The van der Waals surface area contributed by atoms with Crippen molar-refractivity contribution in [1.82, 2.24) is 10.6 Å². The van der Waals surface area contributed by atoms with Crippen LogP contribution in [0.15, 0.2) is 24.3 Å². The van der Waals surface area contributed by atoms with Crippen molar-refractivity contribution in [3.63, 3.8) is 0 Å². The van der Waals surface area contributed by atoms with Crippen molar-refractivity contribution >= 4 is 21.6 Å². The summed E-state index contributed by atoms with van der Waals surface area (Å²) in [6.45, 7) is 4.25. The SMILES string of the molecule is CCCS(=O)(=O)Nc1cccc(C(=O)NCCNCCOC)c1. The van der Waals surface area contributed by atoms with Gasteiger partial charge in [0.2, 0.25) is 10.0 Å². The van der Waals surface area contributed by atoms with Crippen molar-refractivity contribution in [2.45, 2.75) is 13.3 Å². The summed E-state index contributed by atoms with van der Waals surface area (Å²) in [7, 11) is -1.73.